The molecule has 1 atom stereocenters. The first-order chi connectivity index (χ1) is 8.82. The van der Waals surface area contributed by atoms with Crippen LogP contribution in [-0.2, 0) is 9.59 Å². The second-order valence-electron chi connectivity index (χ2n) is 6.52. The van der Waals surface area contributed by atoms with E-state index in [0.29, 0.717) is 25.9 Å². The molecule has 0 bridgehead atoms. The van der Waals surface area contributed by atoms with E-state index in [9.17, 15) is 14.7 Å². The van der Waals surface area contributed by atoms with Crippen molar-refractivity contribution in [3.05, 3.63) is 0 Å². The third-order valence-corrected chi connectivity index (χ3v) is 4.52. The van der Waals surface area contributed by atoms with Crippen LogP contribution in [0.25, 0.3) is 0 Å². The number of hydrogen-bond acceptors (Lipinski definition) is 3. The van der Waals surface area contributed by atoms with Gasteiger partial charge in [-0.2, -0.15) is 0 Å². The second-order valence-corrected chi connectivity index (χ2v) is 6.52. The number of amides is 1. The second kappa shape index (κ2) is 5.12. The summed E-state index contributed by atoms with van der Waals surface area (Å²) in [5, 5.41) is 18.9. The minimum absolute atomic E-state index is 0.000856. The van der Waals surface area contributed by atoms with Gasteiger partial charge in [0.15, 0.2) is 0 Å². The van der Waals surface area contributed by atoms with Gasteiger partial charge in [0.05, 0.1) is 12.0 Å². The molecule has 1 saturated carbocycles. The van der Waals surface area contributed by atoms with Crippen LogP contribution in [0.4, 0.5) is 0 Å². The summed E-state index contributed by atoms with van der Waals surface area (Å²) < 4.78 is 0. The Labute approximate surface area is 113 Å². The van der Waals surface area contributed by atoms with E-state index in [1.807, 2.05) is 0 Å². The molecule has 2 N–H and O–H groups in total. The largest absolute Gasteiger partial charge is 0.481 e. The highest BCUT2D eigenvalue weighted by Gasteiger charge is 2.41. The SMILES string of the molecule is CC1(O)CCN(C(=O)CC2(CC(=O)O)CCCC2)C1. The lowest BCUT2D eigenvalue weighted by molar-refractivity contribution is -0.141. The van der Waals surface area contributed by atoms with Crippen LogP contribution in [-0.4, -0.2) is 45.7 Å². The van der Waals surface area contributed by atoms with Gasteiger partial charge in [0.25, 0.3) is 0 Å². The molecule has 1 amide bonds. The van der Waals surface area contributed by atoms with Crippen molar-refractivity contribution in [2.24, 2.45) is 5.41 Å². The Kier molecular flexibility index (Phi) is 3.85. The summed E-state index contributed by atoms with van der Waals surface area (Å²) in [5.74, 6) is -0.816. The number of hydrogen-bond donors (Lipinski definition) is 2. The quantitative estimate of drug-likeness (QED) is 0.808. The molecule has 1 unspecified atom stereocenters. The Balaban J connectivity index is 1.98. The molecule has 2 aliphatic rings. The van der Waals surface area contributed by atoms with Crippen LogP contribution in [0.1, 0.15) is 51.9 Å². The Bertz CT molecular complexity index is 372. The van der Waals surface area contributed by atoms with E-state index in [0.717, 1.165) is 25.7 Å². The highest BCUT2D eigenvalue weighted by atomic mass is 16.4. The number of likely N-dealkylation sites (tertiary alicyclic amines) is 1. The summed E-state index contributed by atoms with van der Waals surface area (Å²) in [6, 6.07) is 0. The first-order valence-corrected chi connectivity index (χ1v) is 7.04. The monoisotopic (exact) mass is 269 g/mol. The predicted octanol–water partition coefficient (Wildman–Crippen LogP) is 1.39. The molecule has 0 radical (unpaired) electrons. The molecule has 5 heteroatoms. The van der Waals surface area contributed by atoms with Gasteiger partial charge in [-0.25, -0.2) is 0 Å². The highest BCUT2D eigenvalue weighted by Crippen LogP contribution is 2.44. The Morgan fingerprint density at radius 2 is 1.79 bits per heavy atom. The normalized spacial score (nSPS) is 29.7. The maximum Gasteiger partial charge on any atom is 0.303 e. The fourth-order valence-electron chi connectivity index (χ4n) is 3.45. The number of carbonyl (C=O) groups is 2. The summed E-state index contributed by atoms with van der Waals surface area (Å²) >= 11 is 0. The van der Waals surface area contributed by atoms with Gasteiger partial charge in [-0.05, 0) is 31.6 Å². The van der Waals surface area contributed by atoms with Crippen molar-refractivity contribution >= 4 is 11.9 Å². The number of aliphatic hydroxyl groups is 1. The van der Waals surface area contributed by atoms with Crippen LogP contribution in [0.2, 0.25) is 0 Å². The van der Waals surface area contributed by atoms with Crippen LogP contribution >= 0.6 is 0 Å². The average Bonchev–Trinajstić information content (AvgIpc) is 2.84. The molecule has 19 heavy (non-hydrogen) atoms. The average molecular weight is 269 g/mol. The van der Waals surface area contributed by atoms with Crippen molar-refractivity contribution in [1.82, 2.24) is 4.90 Å². The molecular weight excluding hydrogens is 246 g/mol. The van der Waals surface area contributed by atoms with Gasteiger partial charge in [0.2, 0.25) is 5.91 Å². The van der Waals surface area contributed by atoms with Crippen molar-refractivity contribution in [1.29, 1.82) is 0 Å². The van der Waals surface area contributed by atoms with E-state index >= 15 is 0 Å². The number of rotatable bonds is 4. The van der Waals surface area contributed by atoms with Gasteiger partial charge in [-0.1, -0.05) is 12.8 Å². The first-order valence-electron chi connectivity index (χ1n) is 7.04. The zero-order valence-electron chi connectivity index (χ0n) is 11.5. The molecule has 0 spiro atoms. The molecule has 0 aromatic heterocycles. The molecule has 1 saturated heterocycles. The fourth-order valence-corrected chi connectivity index (χ4v) is 3.45. The van der Waals surface area contributed by atoms with Crippen molar-refractivity contribution in [2.75, 3.05) is 13.1 Å². The molecule has 0 aromatic carbocycles. The lowest BCUT2D eigenvalue weighted by Gasteiger charge is -2.29. The van der Waals surface area contributed by atoms with Crippen LogP contribution in [0.15, 0.2) is 0 Å². The topological polar surface area (TPSA) is 77.8 Å². The summed E-state index contributed by atoms with van der Waals surface area (Å²) in [6.07, 6.45) is 4.68. The standard InChI is InChI=1S/C14H23NO4/c1-13(19)6-7-15(10-13)11(16)8-14(9-12(17)18)4-2-3-5-14/h19H,2-10H2,1H3,(H,17,18). The zero-order valence-corrected chi connectivity index (χ0v) is 11.5. The van der Waals surface area contributed by atoms with Crippen LogP contribution in [0.3, 0.4) is 0 Å². The van der Waals surface area contributed by atoms with Crippen LogP contribution in [0.5, 0.6) is 0 Å². The minimum Gasteiger partial charge on any atom is -0.481 e. The Morgan fingerprint density at radius 1 is 1.16 bits per heavy atom. The van der Waals surface area contributed by atoms with Crippen molar-refractivity contribution < 1.29 is 19.8 Å². The molecular formula is C14H23NO4. The number of aliphatic carboxylic acids is 1. The van der Waals surface area contributed by atoms with E-state index in [-0.39, 0.29) is 17.7 Å². The van der Waals surface area contributed by atoms with Gasteiger partial charge in [0.1, 0.15) is 0 Å². The molecule has 1 aliphatic heterocycles. The predicted molar refractivity (Wildman–Crippen MR) is 69.6 cm³/mol. The third kappa shape index (κ3) is 3.47. The van der Waals surface area contributed by atoms with E-state index in [1.165, 1.54) is 0 Å². The van der Waals surface area contributed by atoms with E-state index in [4.69, 9.17) is 5.11 Å². The number of carboxylic acid groups (broad SMARTS) is 1. The van der Waals surface area contributed by atoms with Crippen LogP contribution in [0, 0.1) is 5.41 Å². The van der Waals surface area contributed by atoms with Gasteiger partial charge >= 0.3 is 5.97 Å². The number of carboxylic acids is 1. The molecule has 108 valence electrons. The van der Waals surface area contributed by atoms with Gasteiger partial charge < -0.3 is 15.1 Å². The smallest absolute Gasteiger partial charge is 0.303 e. The minimum atomic E-state index is -0.817. The molecule has 1 heterocycles. The third-order valence-electron chi connectivity index (χ3n) is 4.52. The first kappa shape index (κ1) is 14.3. The summed E-state index contributed by atoms with van der Waals surface area (Å²) in [4.78, 5) is 25.0. The number of carbonyl (C=O) groups excluding carboxylic acids is 1. The summed E-state index contributed by atoms with van der Waals surface area (Å²) in [7, 11) is 0. The fraction of sp³-hybridized carbons (Fsp3) is 0.857. The van der Waals surface area contributed by atoms with Crippen molar-refractivity contribution in [3.8, 4) is 0 Å². The molecule has 0 aromatic rings. The maximum atomic E-state index is 12.3. The van der Waals surface area contributed by atoms with Crippen molar-refractivity contribution in [2.45, 2.75) is 57.5 Å². The lowest BCUT2D eigenvalue weighted by Crippen LogP contribution is -2.37. The van der Waals surface area contributed by atoms with Gasteiger partial charge in [-0.15, -0.1) is 0 Å². The van der Waals surface area contributed by atoms with Gasteiger partial charge in [-0.3, -0.25) is 9.59 Å². The Morgan fingerprint density at radius 3 is 2.26 bits per heavy atom. The number of β-amino-alcohol motifs (C(OH)–C–C–N with tert-alkyl or cyclic N) is 1. The molecule has 2 rings (SSSR count). The molecule has 5 nitrogen and oxygen atoms in total. The van der Waals surface area contributed by atoms with E-state index in [2.05, 4.69) is 0 Å². The Hall–Kier alpha value is -1.10. The van der Waals surface area contributed by atoms with Crippen LogP contribution < -0.4 is 0 Å². The maximum absolute atomic E-state index is 12.3. The number of nitrogens with zero attached hydrogens (tertiary/aromatic N) is 1. The highest BCUT2D eigenvalue weighted by molar-refractivity contribution is 5.78. The zero-order chi connectivity index (χ0) is 14.1. The lowest BCUT2D eigenvalue weighted by atomic mass is 9.79. The molecule has 1 aliphatic carbocycles. The van der Waals surface area contributed by atoms with E-state index in [1.54, 1.807) is 11.8 Å². The molecule has 2 fully saturated rings. The van der Waals surface area contributed by atoms with Crippen molar-refractivity contribution in [3.63, 3.8) is 0 Å². The summed E-state index contributed by atoms with van der Waals surface area (Å²) in [5.41, 5.74) is -1.14. The van der Waals surface area contributed by atoms with E-state index < -0.39 is 11.6 Å². The van der Waals surface area contributed by atoms with Gasteiger partial charge in [0, 0.05) is 19.5 Å². The summed E-state index contributed by atoms with van der Waals surface area (Å²) in [6.45, 7) is 2.69.